The third kappa shape index (κ3) is 10.5. The van der Waals surface area contributed by atoms with Crippen molar-refractivity contribution in [3.05, 3.63) is 0 Å². The van der Waals surface area contributed by atoms with Crippen LogP contribution in [0.5, 0.6) is 0 Å². The van der Waals surface area contributed by atoms with Gasteiger partial charge in [-0.25, -0.2) is 0 Å². The number of hydrogen-bond acceptors (Lipinski definition) is 5. The number of carbonyl (C=O) groups excluding carboxylic acids is 1. The molecular weight excluding hydrogens is 497 g/mol. The molecule has 0 rings (SSSR count). The summed E-state index contributed by atoms with van der Waals surface area (Å²) in [5.74, 6) is -0.141. The smallest absolute Gasteiger partial charge is 0.480 e. The fourth-order valence-electron chi connectivity index (χ4n) is 1.14. The van der Waals surface area contributed by atoms with Gasteiger partial charge in [0.25, 0.3) is 0 Å². The predicted molar refractivity (Wildman–Crippen MR) is 63.5 cm³/mol. The Morgan fingerprint density at radius 3 is 2.65 bits per heavy atom. The number of likely N-dealkylation sites (N-methyl/N-ethyl adjacent to an activating group) is 1. The molecule has 8 heteroatoms. The first-order valence-corrected chi connectivity index (χ1v) is 14.3. The van der Waals surface area contributed by atoms with E-state index in [0.717, 1.165) is 6.54 Å². The maximum atomic E-state index is 11.1. The van der Waals surface area contributed by atoms with Crippen LogP contribution in [0, 0.1) is 0 Å². The molecule has 6 nitrogen and oxygen atoms in total. The molecule has 0 bridgehead atoms. The van der Waals surface area contributed by atoms with Crippen molar-refractivity contribution in [2.24, 2.45) is 0 Å². The van der Waals surface area contributed by atoms with Crippen molar-refractivity contribution in [3.8, 4) is 0 Å². The standard InChI is InChI=1S/C9H19N3O3S.Rf/c1-12(6-9(14)15)5-4-10-2-3-11-8(13)7-16;/h10,16H,2-7H2,1H3,(H,11,13)(H,14,15);/q;+1/p-1. The van der Waals surface area contributed by atoms with Crippen LogP contribution in [0.1, 0.15) is 0 Å². The van der Waals surface area contributed by atoms with E-state index in [1.807, 2.05) is 0 Å². The van der Waals surface area contributed by atoms with Gasteiger partial charge in [-0.3, -0.25) is 4.79 Å². The van der Waals surface area contributed by atoms with Crippen LogP contribution >= 0.6 is 12.6 Å². The van der Waals surface area contributed by atoms with Crippen molar-refractivity contribution >= 4 is 24.5 Å². The number of aliphatic carboxylic acids is 1. The Morgan fingerprint density at radius 1 is 1.35 bits per heavy atom. The van der Waals surface area contributed by atoms with Gasteiger partial charge in [-0.1, -0.05) is 0 Å². The molecule has 0 aliphatic rings. The van der Waals surface area contributed by atoms with Crippen molar-refractivity contribution in [3.63, 3.8) is 0 Å². The second kappa shape index (κ2) is 9.44. The van der Waals surface area contributed by atoms with Crippen LogP contribution in [0.15, 0.2) is 0 Å². The van der Waals surface area contributed by atoms with Gasteiger partial charge in [-0.05, 0) is 0 Å². The molecule has 0 aromatic rings. The summed E-state index contributed by atoms with van der Waals surface area (Å²) in [6, 6.07) is 0. The molecule has 0 heterocycles. The van der Waals surface area contributed by atoms with Gasteiger partial charge in [0.1, 0.15) is 0 Å². The van der Waals surface area contributed by atoms with E-state index in [1.165, 1.54) is 0 Å². The minimum absolute atomic E-state index is 0.0536. The maximum absolute atomic E-state index is 11.1. The molecule has 0 unspecified atom stereocenters. The van der Waals surface area contributed by atoms with Crippen LogP contribution in [-0.4, -0.2) is 67.4 Å². The third-order valence-corrected chi connectivity index (χ3v) is 5.17. The molecule has 0 saturated heterocycles. The Labute approximate surface area is 101 Å². The van der Waals surface area contributed by atoms with Crippen molar-refractivity contribution < 1.29 is 14.7 Å². The summed E-state index contributed by atoms with van der Waals surface area (Å²) >= 11 is 1.70. The fourth-order valence-corrected chi connectivity index (χ4v) is 3.94. The van der Waals surface area contributed by atoms with Crippen LogP contribution < -0.4 is 10.6 Å². The molecule has 0 atom stereocenters. The van der Waals surface area contributed by atoms with Crippen LogP contribution in [0.25, 0.3) is 0 Å². The molecule has 0 radical (unpaired) electrons. The van der Waals surface area contributed by atoms with Crippen LogP contribution in [0.4, 0.5) is 0 Å². The minimum Gasteiger partial charge on any atom is -0.480 e. The van der Waals surface area contributed by atoms with Gasteiger partial charge in [-0.15, -0.1) is 0 Å². The molecule has 95 valence electrons. The van der Waals surface area contributed by atoms with E-state index in [0.29, 0.717) is 25.4 Å². The zero-order chi connectivity index (χ0) is 13.1. The topological polar surface area (TPSA) is 81.7 Å². The monoisotopic (exact) mass is 515 g/mol. The van der Waals surface area contributed by atoms with Gasteiger partial charge in [0.2, 0.25) is 0 Å². The van der Waals surface area contributed by atoms with E-state index >= 15 is 0 Å². The van der Waals surface area contributed by atoms with Gasteiger partial charge in [0.05, 0.1) is 0 Å². The third-order valence-electron chi connectivity index (χ3n) is 1.93. The predicted octanol–water partition coefficient (Wildman–Crippen LogP) is -1.09. The Kier molecular flexibility index (Phi) is 8.44. The Morgan fingerprint density at radius 2 is 2.06 bits per heavy atom. The Bertz CT molecular complexity index is 244. The molecule has 0 fully saturated rings. The van der Waals surface area contributed by atoms with Gasteiger partial charge in [0, 0.05) is 0 Å². The number of hydrogen-bond donors (Lipinski definition) is 3. The van der Waals surface area contributed by atoms with Gasteiger partial charge < -0.3 is 5.11 Å². The number of nitrogens with zero attached hydrogens (tertiary/aromatic N) is 1. The summed E-state index contributed by atoms with van der Waals surface area (Å²) < 4.78 is 0.523. The normalized spacial score (nSPS) is 10.6. The van der Waals surface area contributed by atoms with E-state index in [-0.39, 0.29) is 12.5 Å². The molecule has 3 N–H and O–H groups in total. The van der Waals surface area contributed by atoms with Crippen molar-refractivity contribution in [1.29, 1.82) is 0 Å². The summed E-state index contributed by atoms with van der Waals surface area (Å²) in [6.07, 6.45) is 0. The Hall–Kier alpha value is -1.79. The zero-order valence-corrected chi connectivity index (χ0v) is 17.3. The molecule has 0 aromatic carbocycles. The number of rotatable bonds is 10. The number of carboxylic acid groups (broad SMARTS) is 1. The SMILES string of the molecule is CN(CCNCCNC(=O)C[S][Rf])CC(=O)O. The average Bonchev–Trinajstić information content (AvgIpc) is 2.22. The molecule has 17 heavy (non-hydrogen) atoms. The second-order valence-corrected chi connectivity index (χ2v) is 9.82. The number of carboxylic acids is 1. The van der Waals surface area contributed by atoms with E-state index in [4.69, 9.17) is 5.11 Å². The van der Waals surface area contributed by atoms with Gasteiger partial charge >= 0.3 is 90.4 Å². The van der Waals surface area contributed by atoms with E-state index in [2.05, 4.69) is 10.6 Å². The first-order chi connectivity index (χ1) is 8.06. The van der Waals surface area contributed by atoms with Crippen LogP contribution in [0.3, 0.4) is 0 Å². The summed E-state index contributed by atoms with van der Waals surface area (Å²) in [5, 5.41) is 14.5. The molecule has 0 spiro atoms. The molecular formula is C9H18N3O3RfS. The van der Waals surface area contributed by atoms with E-state index in [9.17, 15) is 9.59 Å². The number of nitrogens with one attached hydrogen (secondary N) is 2. The summed E-state index contributed by atoms with van der Waals surface area (Å²) in [5.41, 5.74) is 0. The van der Waals surface area contributed by atoms with Crippen molar-refractivity contribution in [2.75, 3.05) is 45.5 Å². The fraction of sp³-hybridized carbons (Fsp3) is 0.778. The molecule has 0 aliphatic carbocycles. The first-order valence-electron chi connectivity index (χ1n) is 5.31. The van der Waals surface area contributed by atoms with Gasteiger partial charge in [-0.2, -0.15) is 0 Å². The Balaban J connectivity index is 3.29. The van der Waals surface area contributed by atoms with E-state index in [1.54, 1.807) is 24.6 Å². The number of amides is 1. The summed E-state index contributed by atoms with van der Waals surface area (Å²) in [6.45, 7) is 2.79. The molecule has 0 saturated carbocycles. The second-order valence-electron chi connectivity index (χ2n) is 3.58. The van der Waals surface area contributed by atoms with E-state index < -0.39 is 5.97 Å². The summed E-state index contributed by atoms with van der Waals surface area (Å²) in [7, 11) is 1.77. The quantitative estimate of drug-likeness (QED) is 0.321. The van der Waals surface area contributed by atoms with Crippen molar-refractivity contribution in [1.82, 2.24) is 15.5 Å². The summed E-state index contributed by atoms with van der Waals surface area (Å²) in [4.78, 5) is 23.2. The number of carbonyl (C=O) groups is 2. The van der Waals surface area contributed by atoms with Crippen molar-refractivity contribution in [2.45, 2.75) is 0 Å². The molecule has 1 amide bonds. The zero-order valence-electron chi connectivity index (χ0n) is 10.1. The average molecular weight is 515 g/mol. The minimum atomic E-state index is -0.817. The first kappa shape index (κ1) is 15.2. The van der Waals surface area contributed by atoms with Crippen LogP contribution in [0.2, 0.25) is 0 Å². The molecule has 0 aliphatic heterocycles. The molecule has 0 aromatic heterocycles. The van der Waals surface area contributed by atoms with Crippen LogP contribution in [-0.2, 0) is 9.59 Å². The van der Waals surface area contributed by atoms with Gasteiger partial charge in [0.15, 0.2) is 0 Å².